The van der Waals surface area contributed by atoms with E-state index in [1.165, 1.54) is 12.1 Å². The van der Waals surface area contributed by atoms with E-state index in [1.54, 1.807) is 43.3 Å². The second kappa shape index (κ2) is 6.79. The number of sulfonamides is 1. The third-order valence-corrected chi connectivity index (χ3v) is 5.38. The highest BCUT2D eigenvalue weighted by Crippen LogP contribution is 2.21. The molecule has 0 aliphatic heterocycles. The van der Waals surface area contributed by atoms with Crippen LogP contribution in [0.2, 0.25) is 0 Å². The van der Waals surface area contributed by atoms with Gasteiger partial charge in [-0.1, -0.05) is 54.6 Å². The number of hydrogen-bond acceptors (Lipinski definition) is 3. The fourth-order valence-electron chi connectivity index (χ4n) is 2.17. The molecule has 0 unspecified atom stereocenters. The van der Waals surface area contributed by atoms with Gasteiger partial charge in [0.05, 0.1) is 4.90 Å². The minimum atomic E-state index is -3.90. The Balaban J connectivity index is 2.36. The van der Waals surface area contributed by atoms with E-state index < -0.39 is 15.9 Å². The van der Waals surface area contributed by atoms with Gasteiger partial charge in [0, 0.05) is 12.1 Å². The van der Waals surface area contributed by atoms with E-state index >= 15 is 0 Å². The Morgan fingerprint density at radius 2 is 1.61 bits per heavy atom. The van der Waals surface area contributed by atoms with Crippen molar-refractivity contribution in [2.75, 3.05) is 6.54 Å². The highest BCUT2D eigenvalue weighted by atomic mass is 32.2. The highest BCUT2D eigenvalue weighted by Gasteiger charge is 2.29. The van der Waals surface area contributed by atoms with Crippen molar-refractivity contribution in [1.29, 1.82) is 0 Å². The van der Waals surface area contributed by atoms with Crippen molar-refractivity contribution < 1.29 is 13.2 Å². The number of carbonyl (C=O) groups is 1. The van der Waals surface area contributed by atoms with Crippen LogP contribution in [0.3, 0.4) is 0 Å². The molecule has 0 aliphatic rings. The molecule has 0 heterocycles. The maximum Gasteiger partial charge on any atom is 0.267 e. The molecule has 2 rings (SSSR count). The number of likely N-dealkylation sites (N-methyl/N-ethyl adjacent to an activating group) is 1. The van der Waals surface area contributed by atoms with Crippen molar-refractivity contribution in [1.82, 2.24) is 4.31 Å². The zero-order valence-electron chi connectivity index (χ0n) is 13.2. The van der Waals surface area contributed by atoms with Gasteiger partial charge in [-0.05, 0) is 31.5 Å². The first kappa shape index (κ1) is 17.0. The molecule has 0 radical (unpaired) electrons. The summed E-state index contributed by atoms with van der Waals surface area (Å²) in [5.41, 5.74) is 1.71. The first-order chi connectivity index (χ1) is 10.9. The molecule has 0 saturated heterocycles. The SMILES string of the molecule is C=C(C(=O)N(CC)S(=O)(=O)c1ccc(C)cc1)c1ccccc1. The van der Waals surface area contributed by atoms with Gasteiger partial charge in [-0.3, -0.25) is 4.79 Å². The van der Waals surface area contributed by atoms with Crippen LogP contribution in [0.25, 0.3) is 5.57 Å². The number of amides is 1. The van der Waals surface area contributed by atoms with Gasteiger partial charge in [0.15, 0.2) is 0 Å². The lowest BCUT2D eigenvalue weighted by atomic mass is 10.1. The molecular weight excluding hydrogens is 310 g/mol. The molecule has 2 aromatic rings. The Hall–Kier alpha value is -2.40. The summed E-state index contributed by atoms with van der Waals surface area (Å²) in [6, 6.07) is 15.3. The summed E-state index contributed by atoms with van der Waals surface area (Å²) >= 11 is 0. The van der Waals surface area contributed by atoms with Gasteiger partial charge in [0.25, 0.3) is 15.9 Å². The lowest BCUT2D eigenvalue weighted by molar-refractivity contribution is -0.120. The van der Waals surface area contributed by atoms with Gasteiger partial charge in [-0.25, -0.2) is 12.7 Å². The highest BCUT2D eigenvalue weighted by molar-refractivity contribution is 7.89. The number of nitrogens with zero attached hydrogens (tertiary/aromatic N) is 1. The maximum atomic E-state index is 12.7. The lowest BCUT2D eigenvalue weighted by Gasteiger charge is -2.22. The average molecular weight is 329 g/mol. The molecule has 23 heavy (non-hydrogen) atoms. The van der Waals surface area contributed by atoms with Crippen LogP contribution >= 0.6 is 0 Å². The summed E-state index contributed by atoms with van der Waals surface area (Å²) in [4.78, 5) is 12.7. The number of rotatable bonds is 5. The molecule has 0 aliphatic carbocycles. The second-order valence-electron chi connectivity index (χ2n) is 5.13. The minimum absolute atomic E-state index is 0.0426. The first-order valence-electron chi connectivity index (χ1n) is 7.26. The minimum Gasteiger partial charge on any atom is -0.268 e. The fraction of sp³-hybridized carbons (Fsp3) is 0.167. The summed E-state index contributed by atoms with van der Waals surface area (Å²) < 4.78 is 26.3. The normalized spacial score (nSPS) is 11.0. The van der Waals surface area contributed by atoms with Crippen LogP contribution in [0.5, 0.6) is 0 Å². The lowest BCUT2D eigenvalue weighted by Crippen LogP contribution is -2.37. The summed E-state index contributed by atoms with van der Waals surface area (Å²) in [7, 11) is -3.90. The van der Waals surface area contributed by atoms with Gasteiger partial charge in [0.1, 0.15) is 0 Å². The Kier molecular flexibility index (Phi) is 5.01. The van der Waals surface area contributed by atoms with Crippen molar-refractivity contribution >= 4 is 21.5 Å². The molecule has 0 N–H and O–H groups in total. The molecular formula is C18H19NO3S. The van der Waals surface area contributed by atoms with E-state index in [1.807, 2.05) is 13.0 Å². The summed E-state index contributed by atoms with van der Waals surface area (Å²) in [6.45, 7) is 7.30. The van der Waals surface area contributed by atoms with Gasteiger partial charge >= 0.3 is 0 Å². The van der Waals surface area contributed by atoms with Crippen LogP contribution in [0.1, 0.15) is 18.1 Å². The first-order valence-corrected chi connectivity index (χ1v) is 8.70. The zero-order chi connectivity index (χ0) is 17.0. The molecule has 0 fully saturated rings. The maximum absolute atomic E-state index is 12.7. The fourth-order valence-corrected chi connectivity index (χ4v) is 3.58. The molecule has 5 heteroatoms. The van der Waals surface area contributed by atoms with E-state index in [-0.39, 0.29) is 17.0 Å². The molecule has 0 bridgehead atoms. The molecule has 0 aromatic heterocycles. The van der Waals surface area contributed by atoms with Crippen LogP contribution in [-0.2, 0) is 14.8 Å². The van der Waals surface area contributed by atoms with Gasteiger partial charge in [0.2, 0.25) is 0 Å². The Morgan fingerprint density at radius 3 is 2.13 bits per heavy atom. The molecule has 2 aromatic carbocycles. The van der Waals surface area contributed by atoms with E-state index in [0.29, 0.717) is 5.56 Å². The van der Waals surface area contributed by atoms with Gasteiger partial charge < -0.3 is 0 Å². The monoisotopic (exact) mass is 329 g/mol. The van der Waals surface area contributed by atoms with Crippen molar-refractivity contribution in [2.45, 2.75) is 18.7 Å². The quantitative estimate of drug-likeness (QED) is 0.791. The van der Waals surface area contributed by atoms with E-state index in [9.17, 15) is 13.2 Å². The molecule has 1 amide bonds. The largest absolute Gasteiger partial charge is 0.268 e. The smallest absolute Gasteiger partial charge is 0.267 e. The number of benzene rings is 2. The Bertz CT molecular complexity index is 809. The van der Waals surface area contributed by atoms with Crippen LogP contribution in [0.15, 0.2) is 66.1 Å². The third-order valence-electron chi connectivity index (χ3n) is 3.50. The van der Waals surface area contributed by atoms with Crippen LogP contribution < -0.4 is 0 Å². The molecule has 0 saturated carbocycles. The van der Waals surface area contributed by atoms with E-state index in [2.05, 4.69) is 6.58 Å². The Labute approximate surface area is 137 Å². The number of carbonyl (C=O) groups excluding carboxylic acids is 1. The molecule has 0 spiro atoms. The van der Waals surface area contributed by atoms with Crippen molar-refractivity contribution in [3.05, 3.63) is 72.3 Å². The van der Waals surface area contributed by atoms with Crippen LogP contribution in [0.4, 0.5) is 0 Å². The third kappa shape index (κ3) is 3.51. The zero-order valence-corrected chi connectivity index (χ0v) is 14.0. The molecule has 120 valence electrons. The van der Waals surface area contributed by atoms with Gasteiger partial charge in [-0.2, -0.15) is 0 Å². The van der Waals surface area contributed by atoms with Crippen LogP contribution in [0, 0.1) is 6.92 Å². The average Bonchev–Trinajstić information content (AvgIpc) is 2.55. The summed E-state index contributed by atoms with van der Waals surface area (Å²) in [5.74, 6) is -0.612. The summed E-state index contributed by atoms with van der Waals surface area (Å²) in [5, 5.41) is 0. The van der Waals surface area contributed by atoms with Crippen molar-refractivity contribution in [3.63, 3.8) is 0 Å². The van der Waals surface area contributed by atoms with Gasteiger partial charge in [-0.15, -0.1) is 0 Å². The molecule has 0 atom stereocenters. The number of aryl methyl sites for hydroxylation is 1. The Morgan fingerprint density at radius 1 is 1.04 bits per heavy atom. The second-order valence-corrected chi connectivity index (χ2v) is 6.99. The predicted octanol–water partition coefficient (Wildman–Crippen LogP) is 3.25. The predicted molar refractivity (Wildman–Crippen MR) is 91.2 cm³/mol. The van der Waals surface area contributed by atoms with E-state index in [4.69, 9.17) is 0 Å². The van der Waals surface area contributed by atoms with Crippen molar-refractivity contribution in [3.8, 4) is 0 Å². The van der Waals surface area contributed by atoms with Crippen LogP contribution in [-0.4, -0.2) is 25.2 Å². The van der Waals surface area contributed by atoms with Crippen molar-refractivity contribution in [2.24, 2.45) is 0 Å². The van der Waals surface area contributed by atoms with E-state index in [0.717, 1.165) is 9.87 Å². The standard InChI is InChI=1S/C18H19NO3S/c1-4-19(18(20)15(3)16-8-6-5-7-9-16)23(21,22)17-12-10-14(2)11-13-17/h5-13H,3-4H2,1-2H3. The topological polar surface area (TPSA) is 54.5 Å². The summed E-state index contributed by atoms with van der Waals surface area (Å²) in [6.07, 6.45) is 0. The molecule has 4 nitrogen and oxygen atoms in total. The number of hydrogen-bond donors (Lipinski definition) is 0.